The molecule has 1 atom stereocenters. The van der Waals surface area contributed by atoms with Crippen LogP contribution in [0.25, 0.3) is 0 Å². The summed E-state index contributed by atoms with van der Waals surface area (Å²) in [5.74, 6) is -1.39. The average Bonchev–Trinajstić information content (AvgIpc) is 2.99. The van der Waals surface area contributed by atoms with Crippen LogP contribution in [-0.4, -0.2) is 34.0 Å². The second-order valence-electron chi connectivity index (χ2n) is 6.10. The van der Waals surface area contributed by atoms with Gasteiger partial charge in [0.2, 0.25) is 11.8 Å². The van der Waals surface area contributed by atoms with Crippen molar-refractivity contribution in [3.8, 4) is 0 Å². The van der Waals surface area contributed by atoms with Gasteiger partial charge in [0.05, 0.1) is 18.3 Å². The zero-order valence-electron chi connectivity index (χ0n) is 15.2. The van der Waals surface area contributed by atoms with Gasteiger partial charge in [-0.05, 0) is 35.9 Å². The molecule has 2 rings (SSSR count). The van der Waals surface area contributed by atoms with E-state index in [1.165, 1.54) is 23.9 Å². The number of amides is 2. The lowest BCUT2D eigenvalue weighted by atomic mass is 10.1. The summed E-state index contributed by atoms with van der Waals surface area (Å²) in [6.07, 6.45) is 3.44. The molecule has 2 aromatic rings. The van der Waals surface area contributed by atoms with E-state index >= 15 is 0 Å². The number of aromatic nitrogens is 2. The first-order valence-corrected chi connectivity index (χ1v) is 8.87. The summed E-state index contributed by atoms with van der Waals surface area (Å²) in [6.45, 7) is 3.39. The summed E-state index contributed by atoms with van der Waals surface area (Å²) in [5.41, 5.74) is 6.04. The highest BCUT2D eigenvalue weighted by atomic mass is 35.5. The van der Waals surface area contributed by atoms with Gasteiger partial charge in [0, 0.05) is 24.3 Å². The van der Waals surface area contributed by atoms with Crippen LogP contribution in [0, 0.1) is 11.7 Å². The van der Waals surface area contributed by atoms with Crippen molar-refractivity contribution in [1.29, 1.82) is 0 Å². The highest BCUT2D eigenvalue weighted by Gasteiger charge is 2.18. The number of halogens is 2. The summed E-state index contributed by atoms with van der Waals surface area (Å²) in [7, 11) is 1.84. The Bertz CT molecular complexity index is 799. The van der Waals surface area contributed by atoms with E-state index < -0.39 is 23.7 Å². The fourth-order valence-corrected chi connectivity index (χ4v) is 2.89. The zero-order valence-corrected chi connectivity index (χ0v) is 16.9. The number of carbonyl (C=O) groups excluding carboxylic acids is 2. The molecule has 0 unspecified atom stereocenters. The number of benzene rings is 1. The van der Waals surface area contributed by atoms with Gasteiger partial charge in [-0.2, -0.15) is 0 Å². The monoisotopic (exact) mass is 415 g/mol. The Labute approximate surface area is 167 Å². The normalized spacial score (nSPS) is 11.6. The number of nitrogens with zero attached hydrogens (tertiary/aromatic N) is 2. The van der Waals surface area contributed by atoms with Crippen molar-refractivity contribution in [2.24, 2.45) is 18.7 Å². The molecule has 7 nitrogen and oxygen atoms in total. The summed E-state index contributed by atoms with van der Waals surface area (Å²) < 4.78 is 15.4. The molecular formula is C17H23ClFN5O2S. The molecule has 0 saturated heterocycles. The minimum absolute atomic E-state index is 0. The second-order valence-corrected chi connectivity index (χ2v) is 7.11. The molecule has 0 aliphatic carbocycles. The molecule has 1 heterocycles. The van der Waals surface area contributed by atoms with Crippen molar-refractivity contribution in [3.63, 3.8) is 0 Å². The predicted octanol–water partition coefficient (Wildman–Crippen LogP) is 2.17. The van der Waals surface area contributed by atoms with E-state index in [1.54, 1.807) is 18.5 Å². The van der Waals surface area contributed by atoms with E-state index in [9.17, 15) is 14.0 Å². The minimum Gasteiger partial charge on any atom is -0.346 e. The molecule has 0 aliphatic heterocycles. The van der Waals surface area contributed by atoms with Crippen molar-refractivity contribution in [1.82, 2.24) is 14.9 Å². The SMILES string of the molecule is CC(C)[C@H](N)C(=O)NCC(=O)Nc1cc(F)ccc1Sc1nccn1C.Cl. The average molecular weight is 416 g/mol. The number of rotatable bonds is 7. The van der Waals surface area contributed by atoms with Gasteiger partial charge in [-0.3, -0.25) is 9.59 Å². The second kappa shape index (κ2) is 10.3. The van der Waals surface area contributed by atoms with Gasteiger partial charge in [-0.25, -0.2) is 9.37 Å². The highest BCUT2D eigenvalue weighted by Crippen LogP contribution is 2.32. The van der Waals surface area contributed by atoms with Crippen LogP contribution in [0.2, 0.25) is 0 Å². The Kier molecular flexibility index (Phi) is 8.74. The van der Waals surface area contributed by atoms with E-state index in [2.05, 4.69) is 15.6 Å². The molecule has 0 radical (unpaired) electrons. The first kappa shape index (κ1) is 22.9. The zero-order chi connectivity index (χ0) is 19.3. The lowest BCUT2D eigenvalue weighted by Gasteiger charge is -2.15. The smallest absolute Gasteiger partial charge is 0.243 e. The molecule has 1 aromatic carbocycles. The molecule has 0 saturated carbocycles. The number of nitrogens with one attached hydrogen (secondary N) is 2. The van der Waals surface area contributed by atoms with Gasteiger partial charge in [-0.1, -0.05) is 13.8 Å². The molecule has 4 N–H and O–H groups in total. The molecule has 0 spiro atoms. The van der Waals surface area contributed by atoms with Crippen molar-refractivity contribution in [3.05, 3.63) is 36.4 Å². The first-order chi connectivity index (χ1) is 12.3. The Hall–Kier alpha value is -2.10. The molecule has 10 heteroatoms. The number of imidazole rings is 1. The maximum atomic E-state index is 13.6. The number of hydrogen-bond acceptors (Lipinski definition) is 5. The fraction of sp³-hybridized carbons (Fsp3) is 0.353. The third kappa shape index (κ3) is 6.53. The Morgan fingerprint density at radius 3 is 2.67 bits per heavy atom. The largest absolute Gasteiger partial charge is 0.346 e. The number of nitrogens with two attached hydrogens (primary N) is 1. The fourth-order valence-electron chi connectivity index (χ4n) is 2.02. The van der Waals surface area contributed by atoms with Crippen LogP contribution in [0.4, 0.5) is 10.1 Å². The number of aryl methyl sites for hydroxylation is 1. The van der Waals surface area contributed by atoms with E-state index in [0.717, 1.165) is 0 Å². The third-order valence-corrected chi connectivity index (χ3v) is 4.79. The van der Waals surface area contributed by atoms with Crippen LogP contribution in [0.5, 0.6) is 0 Å². The van der Waals surface area contributed by atoms with Crippen LogP contribution >= 0.6 is 24.2 Å². The van der Waals surface area contributed by atoms with E-state index in [1.807, 2.05) is 25.5 Å². The lowest BCUT2D eigenvalue weighted by Crippen LogP contribution is -2.46. The summed E-state index contributed by atoms with van der Waals surface area (Å²) >= 11 is 1.29. The molecule has 1 aromatic heterocycles. The predicted molar refractivity (Wildman–Crippen MR) is 105 cm³/mol. The Morgan fingerprint density at radius 2 is 2.07 bits per heavy atom. The third-order valence-electron chi connectivity index (χ3n) is 3.64. The van der Waals surface area contributed by atoms with Crippen LogP contribution in [0.15, 0.2) is 40.6 Å². The molecule has 148 valence electrons. The Balaban J connectivity index is 0.00000364. The molecule has 0 fully saturated rings. The minimum atomic E-state index is -0.688. The van der Waals surface area contributed by atoms with Gasteiger partial charge in [0.1, 0.15) is 5.82 Å². The van der Waals surface area contributed by atoms with Crippen molar-refractivity contribution >= 4 is 41.7 Å². The molecule has 2 amide bonds. The van der Waals surface area contributed by atoms with Crippen LogP contribution in [0.3, 0.4) is 0 Å². The van der Waals surface area contributed by atoms with Gasteiger partial charge in [0.15, 0.2) is 5.16 Å². The molecule has 0 bridgehead atoms. The first-order valence-electron chi connectivity index (χ1n) is 8.05. The van der Waals surface area contributed by atoms with Gasteiger partial charge >= 0.3 is 0 Å². The van der Waals surface area contributed by atoms with Crippen molar-refractivity contribution in [2.45, 2.75) is 29.9 Å². The van der Waals surface area contributed by atoms with E-state index in [-0.39, 0.29) is 24.9 Å². The summed E-state index contributed by atoms with van der Waals surface area (Å²) in [6, 6.07) is 3.42. The van der Waals surface area contributed by atoms with Crippen molar-refractivity contribution in [2.75, 3.05) is 11.9 Å². The topological polar surface area (TPSA) is 102 Å². The number of hydrogen-bond donors (Lipinski definition) is 3. The lowest BCUT2D eigenvalue weighted by molar-refractivity contribution is -0.125. The number of carbonyl (C=O) groups is 2. The maximum absolute atomic E-state index is 13.6. The van der Waals surface area contributed by atoms with Crippen molar-refractivity contribution < 1.29 is 14.0 Å². The van der Waals surface area contributed by atoms with Gasteiger partial charge in [0.25, 0.3) is 0 Å². The van der Waals surface area contributed by atoms with Crippen LogP contribution < -0.4 is 16.4 Å². The summed E-state index contributed by atoms with van der Waals surface area (Å²) in [4.78, 5) is 28.8. The van der Waals surface area contributed by atoms with Crippen LogP contribution in [-0.2, 0) is 16.6 Å². The molecule has 27 heavy (non-hydrogen) atoms. The highest BCUT2D eigenvalue weighted by molar-refractivity contribution is 7.99. The van der Waals surface area contributed by atoms with Gasteiger partial charge < -0.3 is 20.9 Å². The van der Waals surface area contributed by atoms with Gasteiger partial charge in [-0.15, -0.1) is 12.4 Å². The van der Waals surface area contributed by atoms with E-state index in [0.29, 0.717) is 15.7 Å². The molecule has 0 aliphatic rings. The standard InChI is InChI=1S/C17H22FN5O2S.ClH/c1-10(2)15(19)16(25)21-9-14(24)22-12-8-11(18)4-5-13(12)26-17-20-6-7-23(17)3;/h4-8,10,15H,9,19H2,1-3H3,(H,21,25)(H,22,24);1H/t15-;/m0./s1. The maximum Gasteiger partial charge on any atom is 0.243 e. The summed E-state index contributed by atoms with van der Waals surface area (Å²) in [5, 5.41) is 5.79. The molecular weight excluding hydrogens is 393 g/mol. The van der Waals surface area contributed by atoms with Crippen LogP contribution in [0.1, 0.15) is 13.8 Å². The Morgan fingerprint density at radius 1 is 1.37 bits per heavy atom. The number of anilines is 1. The van der Waals surface area contributed by atoms with E-state index in [4.69, 9.17) is 5.73 Å². The quantitative estimate of drug-likeness (QED) is 0.643.